The molecule has 0 heteroatoms. The minimum atomic E-state index is 0.791. The lowest BCUT2D eigenvalue weighted by Gasteiger charge is -2.20. The van der Waals surface area contributed by atoms with E-state index in [1.54, 1.807) is 0 Å². The normalized spacial score (nSPS) is 13.9. The van der Waals surface area contributed by atoms with Gasteiger partial charge in [0, 0.05) is 0 Å². The summed E-state index contributed by atoms with van der Waals surface area (Å²) in [5.41, 5.74) is 2.93. The highest BCUT2D eigenvalue weighted by atomic mass is 14.2. The quantitative estimate of drug-likeness (QED) is 0.618. The highest BCUT2D eigenvalue weighted by Crippen LogP contribution is 2.22. The number of aryl methyl sites for hydroxylation is 2. The summed E-state index contributed by atoms with van der Waals surface area (Å²) in [6.07, 6.45) is 5.00. The maximum Gasteiger partial charge on any atom is -0.0276 e. The summed E-state index contributed by atoms with van der Waals surface area (Å²) in [4.78, 5) is 0. The molecule has 0 heterocycles. The van der Waals surface area contributed by atoms with E-state index in [1.165, 1.54) is 36.8 Å². The first kappa shape index (κ1) is 14.8. The van der Waals surface area contributed by atoms with Crippen LogP contribution in [0.5, 0.6) is 0 Å². The Morgan fingerprint density at radius 2 is 0.950 bits per heavy atom. The summed E-state index contributed by atoms with van der Waals surface area (Å²) in [6, 6.07) is 21.7. The van der Waals surface area contributed by atoms with Crippen molar-refractivity contribution >= 4 is 0 Å². The van der Waals surface area contributed by atoms with Crippen LogP contribution in [-0.4, -0.2) is 0 Å². The van der Waals surface area contributed by atoms with E-state index in [0.29, 0.717) is 0 Å². The van der Waals surface area contributed by atoms with E-state index >= 15 is 0 Å². The van der Waals surface area contributed by atoms with Crippen LogP contribution >= 0.6 is 0 Å². The van der Waals surface area contributed by atoms with E-state index in [-0.39, 0.29) is 0 Å². The summed E-state index contributed by atoms with van der Waals surface area (Å²) >= 11 is 0. The fourth-order valence-electron chi connectivity index (χ4n) is 2.65. The molecule has 0 saturated carbocycles. The zero-order chi connectivity index (χ0) is 14.2. The van der Waals surface area contributed by atoms with Crippen molar-refractivity contribution in [1.29, 1.82) is 0 Å². The van der Waals surface area contributed by atoms with Gasteiger partial charge in [0.1, 0.15) is 0 Å². The molecule has 106 valence electrons. The van der Waals surface area contributed by atoms with Gasteiger partial charge in [-0.05, 0) is 48.6 Å². The molecular formula is C20H26. The SMILES string of the molecule is CC(CCc1ccccc1)C(C)CCc1ccccc1. The van der Waals surface area contributed by atoms with Crippen molar-refractivity contribution in [3.63, 3.8) is 0 Å². The third-order valence-corrected chi connectivity index (χ3v) is 4.43. The van der Waals surface area contributed by atoms with Gasteiger partial charge in [-0.2, -0.15) is 0 Å². The highest BCUT2D eigenvalue weighted by molar-refractivity contribution is 5.15. The van der Waals surface area contributed by atoms with Crippen molar-refractivity contribution in [3.05, 3.63) is 71.8 Å². The molecule has 2 rings (SSSR count). The van der Waals surface area contributed by atoms with Crippen LogP contribution in [0.2, 0.25) is 0 Å². The topological polar surface area (TPSA) is 0 Å². The fraction of sp³-hybridized carbons (Fsp3) is 0.400. The average Bonchev–Trinajstić information content (AvgIpc) is 2.52. The Bertz CT molecular complexity index is 424. The van der Waals surface area contributed by atoms with Gasteiger partial charge in [-0.3, -0.25) is 0 Å². The van der Waals surface area contributed by atoms with E-state index in [0.717, 1.165) is 11.8 Å². The van der Waals surface area contributed by atoms with Crippen LogP contribution in [0.4, 0.5) is 0 Å². The van der Waals surface area contributed by atoms with Crippen LogP contribution in [-0.2, 0) is 12.8 Å². The summed E-state index contributed by atoms with van der Waals surface area (Å²) < 4.78 is 0. The van der Waals surface area contributed by atoms with Gasteiger partial charge < -0.3 is 0 Å². The van der Waals surface area contributed by atoms with Crippen molar-refractivity contribution in [2.24, 2.45) is 11.8 Å². The molecule has 0 aliphatic heterocycles. The van der Waals surface area contributed by atoms with Gasteiger partial charge in [-0.15, -0.1) is 0 Å². The molecule has 0 amide bonds. The van der Waals surface area contributed by atoms with Gasteiger partial charge in [0.25, 0.3) is 0 Å². The predicted octanol–water partition coefficient (Wildman–Crippen LogP) is 5.52. The zero-order valence-corrected chi connectivity index (χ0v) is 12.8. The Morgan fingerprint density at radius 1 is 0.600 bits per heavy atom. The number of rotatable bonds is 7. The highest BCUT2D eigenvalue weighted by Gasteiger charge is 2.12. The third-order valence-electron chi connectivity index (χ3n) is 4.43. The molecule has 0 fully saturated rings. The summed E-state index contributed by atoms with van der Waals surface area (Å²) in [5, 5.41) is 0. The van der Waals surface area contributed by atoms with Gasteiger partial charge in [-0.1, -0.05) is 74.5 Å². The molecule has 0 radical (unpaired) electrons. The van der Waals surface area contributed by atoms with Crippen LogP contribution in [0, 0.1) is 11.8 Å². The largest absolute Gasteiger partial charge is 0.0622 e. The van der Waals surface area contributed by atoms with Crippen molar-refractivity contribution in [2.75, 3.05) is 0 Å². The van der Waals surface area contributed by atoms with Crippen LogP contribution in [0.25, 0.3) is 0 Å². The zero-order valence-electron chi connectivity index (χ0n) is 12.8. The van der Waals surface area contributed by atoms with Gasteiger partial charge in [-0.25, -0.2) is 0 Å². The third kappa shape index (κ3) is 4.85. The molecule has 0 spiro atoms. The van der Waals surface area contributed by atoms with Gasteiger partial charge in [0.05, 0.1) is 0 Å². The molecule has 0 aromatic heterocycles. The van der Waals surface area contributed by atoms with E-state index < -0.39 is 0 Å². The Balaban J connectivity index is 1.73. The van der Waals surface area contributed by atoms with E-state index in [2.05, 4.69) is 74.5 Å². The first-order valence-electron chi connectivity index (χ1n) is 7.83. The van der Waals surface area contributed by atoms with E-state index in [4.69, 9.17) is 0 Å². The predicted molar refractivity (Wildman–Crippen MR) is 87.9 cm³/mol. The Hall–Kier alpha value is -1.56. The van der Waals surface area contributed by atoms with Gasteiger partial charge in [0.2, 0.25) is 0 Å². The lowest BCUT2D eigenvalue weighted by molar-refractivity contribution is 0.344. The van der Waals surface area contributed by atoms with Crippen molar-refractivity contribution < 1.29 is 0 Å². The molecule has 2 aromatic rings. The number of hydrogen-bond acceptors (Lipinski definition) is 0. The molecule has 2 atom stereocenters. The molecule has 0 aliphatic rings. The average molecular weight is 266 g/mol. The summed E-state index contributed by atoms with van der Waals surface area (Å²) in [5.74, 6) is 1.58. The first-order chi connectivity index (χ1) is 9.75. The van der Waals surface area contributed by atoms with E-state index in [9.17, 15) is 0 Å². The molecule has 2 aromatic carbocycles. The van der Waals surface area contributed by atoms with Crippen molar-refractivity contribution in [1.82, 2.24) is 0 Å². The molecule has 0 N–H and O–H groups in total. The van der Waals surface area contributed by atoms with E-state index in [1.807, 2.05) is 0 Å². The maximum absolute atomic E-state index is 2.40. The Labute approximate surface area is 123 Å². The Kier molecular flexibility index (Phi) is 5.86. The molecule has 0 bridgehead atoms. The fourth-order valence-corrected chi connectivity index (χ4v) is 2.65. The molecule has 20 heavy (non-hydrogen) atoms. The van der Waals surface area contributed by atoms with Crippen molar-refractivity contribution in [2.45, 2.75) is 39.5 Å². The number of hydrogen-bond donors (Lipinski definition) is 0. The molecule has 0 saturated heterocycles. The Morgan fingerprint density at radius 3 is 1.30 bits per heavy atom. The molecule has 0 nitrogen and oxygen atoms in total. The molecular weight excluding hydrogens is 240 g/mol. The minimum Gasteiger partial charge on any atom is -0.0622 e. The smallest absolute Gasteiger partial charge is 0.0276 e. The second-order valence-corrected chi connectivity index (χ2v) is 6.00. The van der Waals surface area contributed by atoms with Crippen LogP contribution in [0.1, 0.15) is 37.8 Å². The molecule has 2 unspecified atom stereocenters. The number of benzene rings is 2. The second kappa shape index (κ2) is 7.89. The minimum absolute atomic E-state index is 0.791. The lowest BCUT2D eigenvalue weighted by atomic mass is 9.86. The summed E-state index contributed by atoms with van der Waals surface area (Å²) in [7, 11) is 0. The lowest BCUT2D eigenvalue weighted by Crippen LogP contribution is -2.10. The standard InChI is InChI=1S/C20H26/c1-17(13-15-19-9-5-3-6-10-19)18(2)14-16-20-11-7-4-8-12-20/h3-12,17-18H,13-16H2,1-2H3. The second-order valence-electron chi connectivity index (χ2n) is 6.00. The van der Waals surface area contributed by atoms with Crippen LogP contribution in [0.3, 0.4) is 0 Å². The van der Waals surface area contributed by atoms with Gasteiger partial charge >= 0.3 is 0 Å². The van der Waals surface area contributed by atoms with Gasteiger partial charge in [0.15, 0.2) is 0 Å². The molecule has 0 aliphatic carbocycles. The maximum atomic E-state index is 2.40. The van der Waals surface area contributed by atoms with Crippen LogP contribution in [0.15, 0.2) is 60.7 Å². The summed E-state index contributed by atoms with van der Waals surface area (Å²) in [6.45, 7) is 4.80. The first-order valence-corrected chi connectivity index (χ1v) is 7.83. The van der Waals surface area contributed by atoms with Crippen LogP contribution < -0.4 is 0 Å². The van der Waals surface area contributed by atoms with Crippen molar-refractivity contribution in [3.8, 4) is 0 Å². The monoisotopic (exact) mass is 266 g/mol.